The van der Waals surface area contributed by atoms with E-state index in [0.717, 1.165) is 77.6 Å². The number of para-hydroxylation sites is 1. The number of hydrogen-bond donors (Lipinski definition) is 1. The highest BCUT2D eigenvalue weighted by Gasteiger charge is 2.32. The maximum atomic E-state index is 11.6. The van der Waals surface area contributed by atoms with Crippen LogP contribution in [0.1, 0.15) is 67.0 Å². The van der Waals surface area contributed by atoms with E-state index in [0.29, 0.717) is 48.9 Å². The molecule has 0 amide bonds. The van der Waals surface area contributed by atoms with Crippen molar-refractivity contribution >= 4 is 10.9 Å². The lowest BCUT2D eigenvalue weighted by atomic mass is 9.76. The molecule has 3 unspecified atom stereocenters. The summed E-state index contributed by atoms with van der Waals surface area (Å²) in [6.07, 6.45) is 4.48. The summed E-state index contributed by atoms with van der Waals surface area (Å²) in [5.74, 6) is 3.21. The maximum Gasteiger partial charge on any atom is 0.203 e. The average molecular weight is 721 g/mol. The van der Waals surface area contributed by atoms with Crippen molar-refractivity contribution in [1.82, 2.24) is 9.88 Å². The molecule has 0 radical (unpaired) electrons. The molecule has 0 saturated carbocycles. The molecule has 1 fully saturated rings. The molecule has 54 heavy (non-hydrogen) atoms. The third kappa shape index (κ3) is 9.49. The number of aliphatic hydroxyl groups excluding tert-OH is 1. The predicted molar refractivity (Wildman–Crippen MR) is 216 cm³/mol. The summed E-state index contributed by atoms with van der Waals surface area (Å²) in [5, 5.41) is 12.6. The first-order chi connectivity index (χ1) is 26.5. The number of benzene rings is 5. The predicted octanol–water partition coefficient (Wildman–Crippen LogP) is 10.6. The molecule has 6 aromatic rings. The van der Waals surface area contributed by atoms with Crippen molar-refractivity contribution in [3.63, 3.8) is 0 Å². The molecule has 6 heteroatoms. The lowest BCUT2D eigenvalue weighted by molar-refractivity contribution is 0.0584. The van der Waals surface area contributed by atoms with E-state index in [9.17, 15) is 5.11 Å². The Kier molecular flexibility index (Phi) is 12.6. The minimum Gasteiger partial charge on any atom is -0.485 e. The Labute approximate surface area is 320 Å². The molecular weight excluding hydrogens is 669 g/mol. The van der Waals surface area contributed by atoms with Gasteiger partial charge in [-0.05, 0) is 89.2 Å². The van der Waals surface area contributed by atoms with Gasteiger partial charge in [-0.2, -0.15) is 0 Å². The Hall–Kier alpha value is -5.17. The Balaban J connectivity index is 1.09. The van der Waals surface area contributed by atoms with Gasteiger partial charge in [0.05, 0.1) is 11.6 Å². The van der Waals surface area contributed by atoms with E-state index in [-0.39, 0.29) is 5.92 Å². The van der Waals surface area contributed by atoms with Gasteiger partial charge >= 0.3 is 0 Å². The van der Waals surface area contributed by atoms with Crippen molar-refractivity contribution in [3.05, 3.63) is 167 Å². The molecule has 7 rings (SSSR count). The SMILES string of the molecule is CCC1CN(Cc2cc(OCc3ccccc3)c(OCc3ccccc3)c(OCc3ccccc3)c2)CCC1CC(C)[C@H](O)c1ccnc2ccccc12. The van der Waals surface area contributed by atoms with Crippen LogP contribution in [0.4, 0.5) is 0 Å². The molecular formula is C48H52N2O4. The number of aliphatic hydroxyl groups is 1. The number of pyridine rings is 1. The topological polar surface area (TPSA) is 64.1 Å². The molecule has 278 valence electrons. The van der Waals surface area contributed by atoms with Crippen molar-refractivity contribution in [2.24, 2.45) is 17.8 Å². The maximum absolute atomic E-state index is 11.6. The normalized spacial score (nSPS) is 17.2. The number of fused-ring (bicyclic) bond motifs is 1. The molecule has 1 aliphatic heterocycles. The molecule has 5 aromatic carbocycles. The quantitative estimate of drug-likeness (QED) is 0.107. The Morgan fingerprint density at radius 1 is 0.685 bits per heavy atom. The van der Waals surface area contributed by atoms with Crippen LogP contribution in [0.3, 0.4) is 0 Å². The van der Waals surface area contributed by atoms with Crippen molar-refractivity contribution < 1.29 is 19.3 Å². The molecule has 0 spiro atoms. The fraction of sp³-hybridized carbons (Fsp3) is 0.312. The van der Waals surface area contributed by atoms with E-state index < -0.39 is 6.10 Å². The molecule has 4 atom stereocenters. The van der Waals surface area contributed by atoms with E-state index in [1.54, 1.807) is 0 Å². The highest BCUT2D eigenvalue weighted by molar-refractivity contribution is 5.82. The summed E-state index contributed by atoms with van der Waals surface area (Å²) in [4.78, 5) is 7.09. The molecule has 0 bridgehead atoms. The van der Waals surface area contributed by atoms with Crippen LogP contribution in [0.15, 0.2) is 140 Å². The van der Waals surface area contributed by atoms with Gasteiger partial charge in [0, 0.05) is 24.7 Å². The Morgan fingerprint density at radius 3 is 1.83 bits per heavy atom. The zero-order valence-corrected chi connectivity index (χ0v) is 31.5. The summed E-state index contributed by atoms with van der Waals surface area (Å²) < 4.78 is 19.7. The largest absolute Gasteiger partial charge is 0.485 e. The summed E-state index contributed by atoms with van der Waals surface area (Å²) in [5.41, 5.74) is 6.30. The van der Waals surface area contributed by atoms with Gasteiger partial charge in [0.25, 0.3) is 0 Å². The third-order valence-electron chi connectivity index (χ3n) is 10.9. The fourth-order valence-corrected chi connectivity index (χ4v) is 7.90. The standard InChI is InChI=1S/C48H52N2O4/c1-3-40-31-50(26-24-41(40)27-35(2)47(51)43-23-25-49-44-22-14-13-21-42(43)44)30-39-28-45(52-32-36-15-7-4-8-16-36)48(54-34-38-19-11-6-12-20-38)46(29-39)53-33-37-17-9-5-10-18-37/h4-23,25,28-29,35,40-41,47,51H,3,24,26-27,30-34H2,1-2H3/t35?,40?,41?,47-/m0/s1. The molecule has 2 heterocycles. The van der Waals surface area contributed by atoms with Crippen molar-refractivity contribution in [2.75, 3.05) is 13.1 Å². The van der Waals surface area contributed by atoms with E-state index in [1.807, 2.05) is 85.1 Å². The van der Waals surface area contributed by atoms with Crippen molar-refractivity contribution in [1.29, 1.82) is 0 Å². The van der Waals surface area contributed by atoms with Crippen LogP contribution < -0.4 is 14.2 Å². The number of hydrogen-bond acceptors (Lipinski definition) is 6. The Bertz CT molecular complexity index is 1990. The first-order valence-corrected chi connectivity index (χ1v) is 19.4. The zero-order valence-electron chi connectivity index (χ0n) is 31.5. The van der Waals surface area contributed by atoms with Gasteiger partial charge in [0.1, 0.15) is 19.8 Å². The number of piperidine rings is 1. The van der Waals surface area contributed by atoms with Crippen LogP contribution >= 0.6 is 0 Å². The lowest BCUT2D eigenvalue weighted by Crippen LogP contribution is -2.40. The molecule has 0 aliphatic carbocycles. The van der Waals surface area contributed by atoms with Crippen LogP contribution in [-0.4, -0.2) is 28.1 Å². The third-order valence-corrected chi connectivity index (χ3v) is 10.9. The lowest BCUT2D eigenvalue weighted by Gasteiger charge is -2.40. The number of nitrogens with zero attached hydrogens (tertiary/aromatic N) is 2. The van der Waals surface area contributed by atoms with Crippen LogP contribution in [-0.2, 0) is 26.4 Å². The molecule has 1 aliphatic rings. The van der Waals surface area contributed by atoms with Gasteiger partial charge < -0.3 is 19.3 Å². The zero-order chi connectivity index (χ0) is 37.1. The number of likely N-dealkylation sites (tertiary alicyclic amines) is 1. The second-order valence-corrected chi connectivity index (χ2v) is 14.8. The van der Waals surface area contributed by atoms with Crippen molar-refractivity contribution in [3.8, 4) is 17.2 Å². The van der Waals surface area contributed by atoms with Gasteiger partial charge in [-0.1, -0.05) is 129 Å². The molecule has 1 aromatic heterocycles. The van der Waals surface area contributed by atoms with Crippen molar-refractivity contribution in [2.45, 2.75) is 65.6 Å². The van der Waals surface area contributed by atoms with Crippen LogP contribution in [0.25, 0.3) is 10.9 Å². The van der Waals surface area contributed by atoms with Gasteiger partial charge in [-0.3, -0.25) is 9.88 Å². The monoisotopic (exact) mass is 720 g/mol. The molecule has 1 N–H and O–H groups in total. The van der Waals surface area contributed by atoms with E-state index in [1.165, 1.54) is 0 Å². The summed E-state index contributed by atoms with van der Waals surface area (Å²) in [6, 6.07) is 45.1. The highest BCUT2D eigenvalue weighted by Crippen LogP contribution is 2.42. The van der Waals surface area contributed by atoms with Crippen LogP contribution in [0.2, 0.25) is 0 Å². The van der Waals surface area contributed by atoms with E-state index in [4.69, 9.17) is 14.2 Å². The smallest absolute Gasteiger partial charge is 0.203 e. The van der Waals surface area contributed by atoms with E-state index >= 15 is 0 Å². The summed E-state index contributed by atoms with van der Waals surface area (Å²) in [7, 11) is 0. The average Bonchev–Trinajstić information content (AvgIpc) is 3.22. The van der Waals surface area contributed by atoms with Gasteiger partial charge in [-0.25, -0.2) is 0 Å². The fourth-order valence-electron chi connectivity index (χ4n) is 7.90. The second-order valence-electron chi connectivity index (χ2n) is 14.8. The number of ether oxygens (including phenoxy) is 3. The second kappa shape index (κ2) is 18.2. The minimum atomic E-state index is -0.528. The number of rotatable bonds is 16. The molecule has 6 nitrogen and oxygen atoms in total. The first-order valence-electron chi connectivity index (χ1n) is 19.4. The number of aromatic nitrogens is 1. The van der Waals surface area contributed by atoms with Gasteiger partial charge in [-0.15, -0.1) is 0 Å². The molecule has 1 saturated heterocycles. The van der Waals surface area contributed by atoms with Crippen LogP contribution in [0.5, 0.6) is 17.2 Å². The summed E-state index contributed by atoms with van der Waals surface area (Å²) >= 11 is 0. The van der Waals surface area contributed by atoms with Gasteiger partial charge in [0.15, 0.2) is 11.5 Å². The first kappa shape index (κ1) is 37.2. The van der Waals surface area contributed by atoms with E-state index in [2.05, 4.69) is 78.3 Å². The highest BCUT2D eigenvalue weighted by atomic mass is 16.5. The Morgan fingerprint density at radius 2 is 1.24 bits per heavy atom. The van der Waals surface area contributed by atoms with Gasteiger partial charge in [0.2, 0.25) is 5.75 Å². The van der Waals surface area contributed by atoms with Crippen LogP contribution in [0, 0.1) is 17.8 Å². The minimum absolute atomic E-state index is 0.137. The summed E-state index contributed by atoms with van der Waals surface area (Å²) in [6.45, 7) is 8.55.